The molecule has 0 N–H and O–H groups in total. The van der Waals surface area contributed by atoms with Crippen LogP contribution in [0.15, 0.2) is 103 Å². The van der Waals surface area contributed by atoms with Crippen LogP contribution in [0, 0.1) is 0 Å². The van der Waals surface area contributed by atoms with Crippen molar-refractivity contribution in [2.24, 2.45) is 0 Å². The highest BCUT2D eigenvalue weighted by molar-refractivity contribution is 6.15. The molecule has 1 aliphatic heterocycles. The monoisotopic (exact) mass is 754 g/mol. The van der Waals surface area contributed by atoms with Gasteiger partial charge in [-0.2, -0.15) is 5.10 Å². The Morgan fingerprint density at radius 1 is 0.544 bits per heavy atom. The van der Waals surface area contributed by atoms with Crippen LogP contribution in [0.3, 0.4) is 0 Å². The molecule has 0 bridgehead atoms. The Morgan fingerprint density at radius 3 is 1.70 bits per heavy atom. The first kappa shape index (κ1) is 37.3. The van der Waals surface area contributed by atoms with Crippen molar-refractivity contribution in [2.45, 2.75) is 117 Å². The van der Waals surface area contributed by atoms with E-state index in [0.29, 0.717) is 6.67 Å². The van der Waals surface area contributed by atoms with Crippen molar-refractivity contribution in [2.75, 3.05) is 16.5 Å². The van der Waals surface area contributed by atoms with Crippen molar-refractivity contribution < 1.29 is 4.74 Å². The van der Waals surface area contributed by atoms with Gasteiger partial charge in [0.25, 0.3) is 0 Å². The molecule has 2 aliphatic rings. The van der Waals surface area contributed by atoms with Crippen LogP contribution in [0.1, 0.15) is 118 Å². The third kappa shape index (κ3) is 5.75. The van der Waals surface area contributed by atoms with E-state index in [1.807, 2.05) is 0 Å². The Labute approximate surface area is 339 Å². The van der Waals surface area contributed by atoms with E-state index in [1.165, 1.54) is 66.6 Å². The summed E-state index contributed by atoms with van der Waals surface area (Å²) in [5.74, 6) is 1.61. The molecule has 0 radical (unpaired) electrons. The zero-order valence-corrected chi connectivity index (χ0v) is 36.2. The topological polar surface area (TPSA) is 33.0 Å². The molecule has 0 saturated carbocycles. The number of nitrogens with zero attached hydrogens (tertiary/aromatic N) is 4. The van der Waals surface area contributed by atoms with E-state index in [9.17, 15) is 0 Å². The van der Waals surface area contributed by atoms with E-state index >= 15 is 0 Å². The minimum Gasteiger partial charge on any atom is -0.457 e. The number of anilines is 4. The molecule has 3 heterocycles. The maximum Gasteiger partial charge on any atom is 0.129 e. The molecule has 57 heavy (non-hydrogen) atoms. The van der Waals surface area contributed by atoms with E-state index in [1.54, 1.807) is 0 Å². The standard InChI is InChI=1S/C52H58N4O/c1-48(2,3)32-23-33(49(4,5)6)25-35(24-32)54-31-55(44-20-15-14-19-43(44)54)36-26-34(50(7,8)9)27-38(28-36)57-37-21-22-39-40-17-16-18-41-46(40)47-42(52(12,13)51(41,10)11)30-53-56(47)45(39)29-37/h14-30H,31H2,1-13H3. The largest absolute Gasteiger partial charge is 0.457 e. The fraction of sp³-hybridized carbons (Fsp3) is 0.365. The summed E-state index contributed by atoms with van der Waals surface area (Å²) in [5, 5.41) is 8.83. The first-order valence-electron chi connectivity index (χ1n) is 20.7. The van der Waals surface area contributed by atoms with Crippen LogP contribution in [0.4, 0.5) is 22.7 Å². The first-order chi connectivity index (χ1) is 26.6. The average molecular weight is 755 g/mol. The summed E-state index contributed by atoms with van der Waals surface area (Å²) in [6.07, 6.45) is 2.10. The second-order valence-electron chi connectivity index (χ2n) is 20.8. The number of hydrogen-bond donors (Lipinski definition) is 0. The van der Waals surface area contributed by atoms with Crippen molar-refractivity contribution >= 4 is 49.9 Å². The molecule has 1 aliphatic carbocycles. The van der Waals surface area contributed by atoms with E-state index < -0.39 is 0 Å². The quantitative estimate of drug-likeness (QED) is 0.168. The van der Waals surface area contributed by atoms with Crippen molar-refractivity contribution in [1.82, 2.24) is 9.61 Å². The van der Waals surface area contributed by atoms with Crippen LogP contribution < -0.4 is 14.5 Å². The van der Waals surface area contributed by atoms with Crippen LogP contribution >= 0.6 is 0 Å². The van der Waals surface area contributed by atoms with Gasteiger partial charge < -0.3 is 14.5 Å². The first-order valence-corrected chi connectivity index (χ1v) is 20.7. The van der Waals surface area contributed by atoms with Gasteiger partial charge in [-0.25, -0.2) is 4.52 Å². The van der Waals surface area contributed by atoms with Crippen molar-refractivity contribution in [3.8, 4) is 11.5 Å². The number of rotatable bonds is 4. The number of pyridine rings is 1. The second-order valence-corrected chi connectivity index (χ2v) is 20.8. The molecule has 5 heteroatoms. The van der Waals surface area contributed by atoms with E-state index in [0.717, 1.165) is 22.7 Å². The Kier molecular flexibility index (Phi) is 7.93. The summed E-state index contributed by atoms with van der Waals surface area (Å²) in [6, 6.07) is 36.1. The zero-order chi connectivity index (χ0) is 40.6. The lowest BCUT2D eigenvalue weighted by molar-refractivity contribution is 0.304. The molecule has 0 fully saturated rings. The van der Waals surface area contributed by atoms with Gasteiger partial charge in [0.05, 0.1) is 28.6 Å². The number of para-hydroxylation sites is 2. The smallest absolute Gasteiger partial charge is 0.129 e. The molecule has 0 unspecified atom stereocenters. The highest BCUT2D eigenvalue weighted by atomic mass is 16.5. The molecule has 292 valence electrons. The summed E-state index contributed by atoms with van der Waals surface area (Å²) in [6.45, 7) is 30.9. The normalized spacial score (nSPS) is 16.3. The van der Waals surface area contributed by atoms with Crippen LogP contribution in [0.2, 0.25) is 0 Å². The number of benzene rings is 5. The number of fused-ring (bicyclic) bond motifs is 4. The molecule has 7 aromatic rings. The SMILES string of the molecule is CC(C)(C)c1cc(Oc2ccc3c4cccc5c4c4c(cnn4c3c2)C(C)(C)C5(C)C)cc(N2CN(c3cc(C(C)(C)C)cc(C(C)(C)C)c3)c3ccccc32)c1. The molecule has 0 spiro atoms. The van der Waals surface area contributed by atoms with E-state index in [4.69, 9.17) is 9.84 Å². The van der Waals surface area contributed by atoms with Gasteiger partial charge in [-0.15, -0.1) is 0 Å². The maximum absolute atomic E-state index is 6.93. The Hall–Kier alpha value is -5.29. The van der Waals surface area contributed by atoms with Crippen LogP contribution in [-0.2, 0) is 27.1 Å². The molecule has 5 aromatic carbocycles. The average Bonchev–Trinajstić information content (AvgIpc) is 3.77. The fourth-order valence-electron chi connectivity index (χ4n) is 9.09. The lowest BCUT2D eigenvalue weighted by Gasteiger charge is -2.45. The summed E-state index contributed by atoms with van der Waals surface area (Å²) < 4.78 is 9.09. The van der Waals surface area contributed by atoms with Gasteiger partial charge in [0.1, 0.15) is 18.2 Å². The van der Waals surface area contributed by atoms with Gasteiger partial charge in [0, 0.05) is 45.3 Å². The fourth-order valence-corrected chi connectivity index (χ4v) is 9.09. The third-order valence-electron chi connectivity index (χ3n) is 13.5. The molecule has 9 rings (SSSR count). The highest BCUT2D eigenvalue weighted by Crippen LogP contribution is 2.54. The predicted molar refractivity (Wildman–Crippen MR) is 241 cm³/mol. The molecular weight excluding hydrogens is 697 g/mol. The predicted octanol–water partition coefficient (Wildman–Crippen LogP) is 14.1. The van der Waals surface area contributed by atoms with Crippen LogP contribution in [0.25, 0.3) is 27.2 Å². The van der Waals surface area contributed by atoms with Gasteiger partial charge in [-0.3, -0.25) is 0 Å². The van der Waals surface area contributed by atoms with Crippen molar-refractivity contribution in [3.63, 3.8) is 0 Å². The van der Waals surface area contributed by atoms with Gasteiger partial charge in [0.15, 0.2) is 0 Å². The summed E-state index contributed by atoms with van der Waals surface area (Å²) in [4.78, 5) is 4.92. The van der Waals surface area contributed by atoms with Gasteiger partial charge in [0.2, 0.25) is 0 Å². The molecule has 0 saturated heterocycles. The maximum atomic E-state index is 6.93. The van der Waals surface area contributed by atoms with E-state index in [-0.39, 0.29) is 27.1 Å². The minimum atomic E-state index is -0.0956. The van der Waals surface area contributed by atoms with E-state index in [2.05, 4.69) is 208 Å². The lowest BCUT2D eigenvalue weighted by Crippen LogP contribution is -2.42. The molecule has 2 aromatic heterocycles. The molecule has 0 atom stereocenters. The molecular formula is C52H58N4O. The Morgan fingerprint density at radius 2 is 1.11 bits per heavy atom. The van der Waals surface area contributed by atoms with Gasteiger partial charge in [-0.05, 0) is 97.8 Å². The summed E-state index contributed by atoms with van der Waals surface area (Å²) in [5.41, 5.74) is 13.4. The molecule has 0 amide bonds. The van der Waals surface area contributed by atoms with Crippen LogP contribution in [-0.4, -0.2) is 16.3 Å². The highest BCUT2D eigenvalue weighted by Gasteiger charge is 2.46. The van der Waals surface area contributed by atoms with Crippen molar-refractivity contribution in [1.29, 1.82) is 0 Å². The zero-order valence-electron chi connectivity index (χ0n) is 36.2. The summed E-state index contributed by atoms with van der Waals surface area (Å²) >= 11 is 0. The summed E-state index contributed by atoms with van der Waals surface area (Å²) in [7, 11) is 0. The third-order valence-corrected chi connectivity index (χ3v) is 13.5. The number of aromatic nitrogens is 2. The number of hydrogen-bond acceptors (Lipinski definition) is 4. The van der Waals surface area contributed by atoms with Crippen LogP contribution in [0.5, 0.6) is 11.5 Å². The Bertz CT molecular complexity index is 2730. The van der Waals surface area contributed by atoms with Gasteiger partial charge in [-0.1, -0.05) is 126 Å². The molecule has 5 nitrogen and oxygen atoms in total. The van der Waals surface area contributed by atoms with Crippen molar-refractivity contribution in [3.05, 3.63) is 131 Å². The Balaban J connectivity index is 1.15. The lowest BCUT2D eigenvalue weighted by atomic mass is 9.58. The number of ether oxygens (including phenoxy) is 1. The minimum absolute atomic E-state index is 0.0233. The second kappa shape index (κ2) is 12.1. The van der Waals surface area contributed by atoms with Gasteiger partial charge >= 0.3 is 0 Å².